The molecule has 5 N–H and O–H groups in total. The second kappa shape index (κ2) is 7.76. The number of carbonyl (C=O) groups is 1. The maximum atomic E-state index is 10.7. The fraction of sp³-hybridized carbons (Fsp3) is 0.500. The standard InChI is InChI=1S/C14H23N3O2/c1-10(4-3-9-18)16-11(2)12-5-7-13(8-6-12)17-14(15)19/h5-8,10-11,16,18H,3-4,9H2,1-2H3,(H3,15,17,19). The Balaban J connectivity index is 2.52. The molecule has 0 aromatic heterocycles. The minimum atomic E-state index is -0.559. The number of aliphatic hydroxyl groups is 1. The Bertz CT molecular complexity index is 392. The molecule has 0 saturated heterocycles. The van der Waals surface area contributed by atoms with E-state index >= 15 is 0 Å². The largest absolute Gasteiger partial charge is 0.396 e. The lowest BCUT2D eigenvalue weighted by Crippen LogP contribution is -2.29. The lowest BCUT2D eigenvalue weighted by Gasteiger charge is -2.20. The summed E-state index contributed by atoms with van der Waals surface area (Å²) in [6.45, 7) is 4.43. The first-order valence-corrected chi connectivity index (χ1v) is 6.56. The molecule has 1 rings (SSSR count). The normalized spacial score (nSPS) is 13.8. The summed E-state index contributed by atoms with van der Waals surface area (Å²) < 4.78 is 0. The Hall–Kier alpha value is -1.59. The molecule has 0 bridgehead atoms. The first-order chi connectivity index (χ1) is 9.02. The third-order valence-electron chi connectivity index (χ3n) is 3.01. The number of urea groups is 1. The zero-order chi connectivity index (χ0) is 14.3. The number of amides is 2. The van der Waals surface area contributed by atoms with Gasteiger partial charge in [-0.1, -0.05) is 12.1 Å². The number of hydrogen-bond donors (Lipinski definition) is 4. The van der Waals surface area contributed by atoms with Gasteiger partial charge in [-0.15, -0.1) is 0 Å². The second-order valence-corrected chi connectivity index (χ2v) is 4.77. The van der Waals surface area contributed by atoms with Crippen molar-refractivity contribution in [2.75, 3.05) is 11.9 Å². The summed E-state index contributed by atoms with van der Waals surface area (Å²) in [5, 5.41) is 14.8. The van der Waals surface area contributed by atoms with Crippen LogP contribution in [0.2, 0.25) is 0 Å². The molecule has 0 aliphatic carbocycles. The summed E-state index contributed by atoms with van der Waals surface area (Å²) in [6, 6.07) is 7.59. The fourth-order valence-corrected chi connectivity index (χ4v) is 2.00. The van der Waals surface area contributed by atoms with Crippen molar-refractivity contribution in [3.05, 3.63) is 29.8 Å². The Morgan fingerprint density at radius 3 is 2.47 bits per heavy atom. The van der Waals surface area contributed by atoms with Gasteiger partial charge in [0.1, 0.15) is 0 Å². The van der Waals surface area contributed by atoms with Gasteiger partial charge >= 0.3 is 6.03 Å². The van der Waals surface area contributed by atoms with Gasteiger partial charge in [-0.25, -0.2) is 4.79 Å². The van der Waals surface area contributed by atoms with E-state index in [1.165, 1.54) is 0 Å². The molecule has 0 aliphatic heterocycles. The van der Waals surface area contributed by atoms with E-state index in [0.717, 1.165) is 18.4 Å². The van der Waals surface area contributed by atoms with Crippen molar-refractivity contribution >= 4 is 11.7 Å². The lowest BCUT2D eigenvalue weighted by atomic mass is 10.1. The van der Waals surface area contributed by atoms with Gasteiger partial charge in [-0.05, 0) is 44.4 Å². The highest BCUT2D eigenvalue weighted by atomic mass is 16.2. The molecular formula is C14H23N3O2. The second-order valence-electron chi connectivity index (χ2n) is 4.77. The number of rotatable bonds is 7. The zero-order valence-electron chi connectivity index (χ0n) is 11.5. The molecule has 0 fully saturated rings. The van der Waals surface area contributed by atoms with Gasteiger partial charge in [0, 0.05) is 24.4 Å². The van der Waals surface area contributed by atoms with Crippen molar-refractivity contribution in [2.45, 2.75) is 38.8 Å². The van der Waals surface area contributed by atoms with Gasteiger partial charge in [-0.2, -0.15) is 0 Å². The molecule has 0 saturated carbocycles. The molecule has 5 heteroatoms. The van der Waals surface area contributed by atoms with Gasteiger partial charge in [0.25, 0.3) is 0 Å². The van der Waals surface area contributed by atoms with Crippen LogP contribution in [-0.4, -0.2) is 23.8 Å². The number of primary amides is 1. The molecule has 2 amide bonds. The predicted octanol–water partition coefficient (Wildman–Crippen LogP) is 1.99. The minimum absolute atomic E-state index is 0.219. The number of nitrogens with one attached hydrogen (secondary N) is 2. The first kappa shape index (κ1) is 15.5. The van der Waals surface area contributed by atoms with Gasteiger partial charge < -0.3 is 21.5 Å². The highest BCUT2D eigenvalue weighted by Gasteiger charge is 2.09. The third-order valence-corrected chi connectivity index (χ3v) is 3.01. The Morgan fingerprint density at radius 2 is 1.95 bits per heavy atom. The highest BCUT2D eigenvalue weighted by molar-refractivity contribution is 5.87. The van der Waals surface area contributed by atoms with E-state index in [0.29, 0.717) is 11.7 Å². The number of hydrogen-bond acceptors (Lipinski definition) is 3. The van der Waals surface area contributed by atoms with Crippen LogP contribution >= 0.6 is 0 Å². The fourth-order valence-electron chi connectivity index (χ4n) is 2.00. The molecule has 1 aromatic carbocycles. The number of anilines is 1. The number of aliphatic hydroxyl groups excluding tert-OH is 1. The average Bonchev–Trinajstić information content (AvgIpc) is 2.36. The number of nitrogens with two attached hydrogens (primary N) is 1. The molecule has 0 radical (unpaired) electrons. The molecule has 0 heterocycles. The lowest BCUT2D eigenvalue weighted by molar-refractivity contribution is 0.259. The van der Waals surface area contributed by atoms with Crippen LogP contribution in [0, 0.1) is 0 Å². The summed E-state index contributed by atoms with van der Waals surface area (Å²) in [4.78, 5) is 10.7. The quantitative estimate of drug-likeness (QED) is 0.608. The molecule has 106 valence electrons. The van der Waals surface area contributed by atoms with E-state index in [2.05, 4.69) is 24.5 Å². The summed E-state index contributed by atoms with van der Waals surface area (Å²) in [6.07, 6.45) is 1.75. The van der Waals surface area contributed by atoms with Crippen molar-refractivity contribution in [3.63, 3.8) is 0 Å². The average molecular weight is 265 g/mol. The van der Waals surface area contributed by atoms with Crippen LogP contribution in [0.1, 0.15) is 38.3 Å². The van der Waals surface area contributed by atoms with E-state index in [1.54, 1.807) is 0 Å². The SMILES string of the molecule is CC(CCCO)NC(C)c1ccc(NC(N)=O)cc1. The van der Waals surface area contributed by atoms with Crippen molar-refractivity contribution < 1.29 is 9.90 Å². The molecule has 19 heavy (non-hydrogen) atoms. The van der Waals surface area contributed by atoms with Gasteiger partial charge in [0.2, 0.25) is 0 Å². The van der Waals surface area contributed by atoms with Crippen molar-refractivity contribution in [1.29, 1.82) is 0 Å². The maximum Gasteiger partial charge on any atom is 0.316 e. The Kier molecular flexibility index (Phi) is 6.32. The van der Waals surface area contributed by atoms with E-state index in [4.69, 9.17) is 10.8 Å². The predicted molar refractivity (Wildman–Crippen MR) is 77.0 cm³/mol. The number of benzene rings is 1. The van der Waals surface area contributed by atoms with Gasteiger partial charge in [0.15, 0.2) is 0 Å². The van der Waals surface area contributed by atoms with Crippen molar-refractivity contribution in [3.8, 4) is 0 Å². The van der Waals surface area contributed by atoms with Gasteiger partial charge in [-0.3, -0.25) is 0 Å². The Labute approximate surface area is 114 Å². The van der Waals surface area contributed by atoms with Crippen molar-refractivity contribution in [1.82, 2.24) is 5.32 Å². The molecule has 0 aliphatic rings. The summed E-state index contributed by atoms with van der Waals surface area (Å²) in [7, 11) is 0. The zero-order valence-corrected chi connectivity index (χ0v) is 11.5. The molecule has 5 nitrogen and oxygen atoms in total. The molecule has 0 spiro atoms. The third kappa shape index (κ3) is 5.72. The van der Waals surface area contributed by atoms with Crippen LogP contribution in [0.4, 0.5) is 10.5 Å². The first-order valence-electron chi connectivity index (χ1n) is 6.56. The summed E-state index contributed by atoms with van der Waals surface area (Å²) >= 11 is 0. The molecule has 2 atom stereocenters. The van der Waals surface area contributed by atoms with Crippen LogP contribution in [0.25, 0.3) is 0 Å². The molecular weight excluding hydrogens is 242 g/mol. The van der Waals surface area contributed by atoms with E-state index in [9.17, 15) is 4.79 Å². The number of carbonyl (C=O) groups excluding carboxylic acids is 1. The highest BCUT2D eigenvalue weighted by Crippen LogP contribution is 2.17. The van der Waals surface area contributed by atoms with Crippen LogP contribution in [-0.2, 0) is 0 Å². The van der Waals surface area contributed by atoms with Crippen LogP contribution < -0.4 is 16.4 Å². The molecule has 2 unspecified atom stereocenters. The van der Waals surface area contributed by atoms with Crippen molar-refractivity contribution in [2.24, 2.45) is 5.73 Å². The van der Waals surface area contributed by atoms with E-state index in [1.807, 2.05) is 24.3 Å². The van der Waals surface area contributed by atoms with Crippen LogP contribution in [0.15, 0.2) is 24.3 Å². The topological polar surface area (TPSA) is 87.4 Å². The minimum Gasteiger partial charge on any atom is -0.396 e. The Morgan fingerprint density at radius 1 is 1.32 bits per heavy atom. The summed E-state index contributed by atoms with van der Waals surface area (Å²) in [5.41, 5.74) is 6.89. The van der Waals surface area contributed by atoms with Crippen LogP contribution in [0.5, 0.6) is 0 Å². The van der Waals surface area contributed by atoms with Gasteiger partial charge in [0.05, 0.1) is 0 Å². The summed E-state index contributed by atoms with van der Waals surface area (Å²) in [5.74, 6) is 0. The maximum absolute atomic E-state index is 10.7. The smallest absolute Gasteiger partial charge is 0.316 e. The van der Waals surface area contributed by atoms with E-state index in [-0.39, 0.29) is 12.6 Å². The van der Waals surface area contributed by atoms with E-state index < -0.39 is 6.03 Å². The van der Waals surface area contributed by atoms with Crippen LogP contribution in [0.3, 0.4) is 0 Å². The molecule has 1 aromatic rings. The monoisotopic (exact) mass is 265 g/mol.